The summed E-state index contributed by atoms with van der Waals surface area (Å²) in [4.78, 5) is 20.6. The van der Waals surface area contributed by atoms with Crippen molar-refractivity contribution >= 4 is 16.9 Å². The van der Waals surface area contributed by atoms with Crippen molar-refractivity contribution in [3.05, 3.63) is 52.7 Å². The SMILES string of the molecule is Cc1cc([C@H]2CN(c3cc4nc(C)c(C)nc4c(C4CC(C(F)(F)F)C4)n3)CCO2)ccn1. The summed E-state index contributed by atoms with van der Waals surface area (Å²) in [5.74, 6) is -0.829. The third-order valence-corrected chi connectivity index (χ3v) is 6.75. The Morgan fingerprint density at radius 2 is 1.79 bits per heavy atom. The minimum absolute atomic E-state index is 0.0473. The van der Waals surface area contributed by atoms with E-state index in [9.17, 15) is 13.2 Å². The van der Waals surface area contributed by atoms with Gasteiger partial charge in [-0.05, 0) is 51.3 Å². The fraction of sp³-hybridized carbons (Fsp3) is 0.500. The third-order valence-electron chi connectivity index (χ3n) is 6.75. The molecule has 6 nitrogen and oxygen atoms in total. The van der Waals surface area contributed by atoms with Crippen LogP contribution in [-0.4, -0.2) is 45.8 Å². The van der Waals surface area contributed by atoms with Crippen molar-refractivity contribution in [2.45, 2.75) is 51.8 Å². The van der Waals surface area contributed by atoms with Crippen molar-refractivity contribution in [2.24, 2.45) is 5.92 Å². The minimum Gasteiger partial charge on any atom is -0.370 e. The Hall–Kier alpha value is -2.81. The number of pyridine rings is 2. The molecule has 2 aliphatic rings. The molecular weight excluding hydrogens is 431 g/mol. The fourth-order valence-corrected chi connectivity index (χ4v) is 4.62. The van der Waals surface area contributed by atoms with Crippen molar-refractivity contribution in [2.75, 3.05) is 24.6 Å². The molecule has 0 aromatic carbocycles. The van der Waals surface area contributed by atoms with Gasteiger partial charge in [0.1, 0.15) is 17.4 Å². The molecule has 1 saturated carbocycles. The first-order valence-electron chi connectivity index (χ1n) is 11.2. The van der Waals surface area contributed by atoms with Gasteiger partial charge in [0.25, 0.3) is 0 Å². The van der Waals surface area contributed by atoms with Gasteiger partial charge in [-0.3, -0.25) is 4.98 Å². The van der Waals surface area contributed by atoms with Crippen LogP contribution in [0.1, 0.15) is 53.2 Å². The largest absolute Gasteiger partial charge is 0.391 e. The lowest BCUT2D eigenvalue weighted by molar-refractivity contribution is -0.197. The zero-order valence-corrected chi connectivity index (χ0v) is 18.9. The van der Waals surface area contributed by atoms with Crippen molar-refractivity contribution in [3.63, 3.8) is 0 Å². The predicted octanol–water partition coefficient (Wildman–Crippen LogP) is 4.98. The van der Waals surface area contributed by atoms with Crippen molar-refractivity contribution in [1.82, 2.24) is 19.9 Å². The lowest BCUT2D eigenvalue weighted by Crippen LogP contribution is -2.39. The molecular formula is C24H26F3N5O. The molecule has 4 heterocycles. The maximum Gasteiger partial charge on any atom is 0.391 e. The van der Waals surface area contributed by atoms with Crippen molar-refractivity contribution < 1.29 is 17.9 Å². The highest BCUT2D eigenvalue weighted by molar-refractivity contribution is 5.80. The van der Waals surface area contributed by atoms with Gasteiger partial charge < -0.3 is 9.64 Å². The van der Waals surface area contributed by atoms with Crippen LogP contribution in [0.25, 0.3) is 11.0 Å². The first-order valence-corrected chi connectivity index (χ1v) is 11.2. The zero-order valence-electron chi connectivity index (χ0n) is 18.9. The number of ether oxygens (including phenoxy) is 1. The smallest absolute Gasteiger partial charge is 0.370 e. The number of nitrogens with zero attached hydrogens (tertiary/aromatic N) is 5. The van der Waals surface area contributed by atoms with Crippen LogP contribution >= 0.6 is 0 Å². The van der Waals surface area contributed by atoms with E-state index in [2.05, 4.69) is 14.9 Å². The maximum atomic E-state index is 13.1. The molecule has 1 aliphatic heterocycles. The molecule has 1 aliphatic carbocycles. The number of hydrogen-bond acceptors (Lipinski definition) is 6. The van der Waals surface area contributed by atoms with Gasteiger partial charge in [-0.15, -0.1) is 0 Å². The second-order valence-electron chi connectivity index (χ2n) is 9.07. The predicted molar refractivity (Wildman–Crippen MR) is 118 cm³/mol. The van der Waals surface area contributed by atoms with E-state index in [1.165, 1.54) is 0 Å². The van der Waals surface area contributed by atoms with E-state index >= 15 is 0 Å². The number of hydrogen-bond donors (Lipinski definition) is 0. The Labute approximate surface area is 190 Å². The van der Waals surface area contributed by atoms with E-state index in [0.717, 1.165) is 22.6 Å². The van der Waals surface area contributed by atoms with Gasteiger partial charge in [-0.1, -0.05) is 0 Å². The number of aromatic nitrogens is 4. The summed E-state index contributed by atoms with van der Waals surface area (Å²) < 4.78 is 45.4. The van der Waals surface area contributed by atoms with Crippen LogP contribution in [0.4, 0.5) is 19.0 Å². The van der Waals surface area contributed by atoms with E-state index in [-0.39, 0.29) is 24.9 Å². The molecule has 3 aromatic heterocycles. The van der Waals surface area contributed by atoms with Crippen LogP contribution in [0.5, 0.6) is 0 Å². The summed E-state index contributed by atoms with van der Waals surface area (Å²) in [5.41, 5.74) is 5.46. The van der Waals surface area contributed by atoms with E-state index < -0.39 is 12.1 Å². The lowest BCUT2D eigenvalue weighted by atomic mass is 9.72. The van der Waals surface area contributed by atoms with Crippen LogP contribution in [0.15, 0.2) is 24.4 Å². The summed E-state index contributed by atoms with van der Waals surface area (Å²) in [7, 11) is 0. The number of rotatable bonds is 3. The summed E-state index contributed by atoms with van der Waals surface area (Å²) in [6, 6.07) is 5.86. The molecule has 1 atom stereocenters. The topological polar surface area (TPSA) is 64.0 Å². The van der Waals surface area contributed by atoms with Gasteiger partial charge in [0.15, 0.2) is 0 Å². The summed E-state index contributed by atoms with van der Waals surface area (Å²) in [6.45, 7) is 7.46. The van der Waals surface area contributed by atoms with Crippen LogP contribution < -0.4 is 4.90 Å². The number of halogens is 3. The third kappa shape index (κ3) is 4.26. The van der Waals surface area contributed by atoms with E-state index in [4.69, 9.17) is 14.7 Å². The minimum atomic E-state index is -4.16. The highest BCUT2D eigenvalue weighted by atomic mass is 19.4. The molecule has 0 N–H and O–H groups in total. The van der Waals surface area contributed by atoms with Crippen LogP contribution in [0.2, 0.25) is 0 Å². The summed E-state index contributed by atoms with van der Waals surface area (Å²) in [6.07, 6.45) is -2.43. The van der Waals surface area contributed by atoms with Gasteiger partial charge in [0.05, 0.1) is 35.1 Å². The highest BCUT2D eigenvalue weighted by Crippen LogP contribution is 2.50. The quantitative estimate of drug-likeness (QED) is 0.553. The molecule has 174 valence electrons. The van der Waals surface area contributed by atoms with Crippen molar-refractivity contribution in [1.29, 1.82) is 0 Å². The molecule has 0 unspecified atom stereocenters. The number of morpholine rings is 1. The van der Waals surface area contributed by atoms with Gasteiger partial charge in [0, 0.05) is 37.0 Å². The molecule has 0 radical (unpaired) electrons. The highest BCUT2D eigenvalue weighted by Gasteiger charge is 2.49. The Bertz CT molecular complexity index is 1190. The van der Waals surface area contributed by atoms with Gasteiger partial charge in [-0.25, -0.2) is 15.0 Å². The van der Waals surface area contributed by atoms with Crippen LogP contribution in [0, 0.1) is 26.7 Å². The standard InChI is InChI=1S/C24H26F3N5O/c1-13-8-16(4-5-28-13)20-12-32(6-7-33-20)21-11-19-23(30-15(3)14(2)29-19)22(31-21)17-9-18(10-17)24(25,26)27/h4-5,8,11,17-18,20H,6-7,9-10,12H2,1-3H3/t17?,18?,20-/m1/s1. The summed E-state index contributed by atoms with van der Waals surface area (Å²) in [5, 5.41) is 0. The van der Waals surface area contributed by atoms with Crippen LogP contribution in [-0.2, 0) is 4.74 Å². The Balaban J connectivity index is 1.50. The Morgan fingerprint density at radius 1 is 1.03 bits per heavy atom. The molecule has 3 aromatic rings. The maximum absolute atomic E-state index is 13.1. The number of fused-ring (bicyclic) bond motifs is 1. The first-order chi connectivity index (χ1) is 15.7. The molecule has 0 amide bonds. The van der Waals surface area contributed by atoms with E-state index in [0.29, 0.717) is 42.2 Å². The van der Waals surface area contributed by atoms with Crippen LogP contribution in [0.3, 0.4) is 0 Å². The Kier molecular flexibility index (Phi) is 5.47. The molecule has 2 fully saturated rings. The lowest BCUT2D eigenvalue weighted by Gasteiger charge is -2.38. The molecule has 0 spiro atoms. The van der Waals surface area contributed by atoms with Gasteiger partial charge in [-0.2, -0.15) is 13.2 Å². The molecule has 1 saturated heterocycles. The van der Waals surface area contributed by atoms with Crippen molar-refractivity contribution in [3.8, 4) is 0 Å². The second-order valence-corrected chi connectivity index (χ2v) is 9.07. The fourth-order valence-electron chi connectivity index (χ4n) is 4.62. The van der Waals surface area contributed by atoms with E-state index in [1.54, 1.807) is 6.20 Å². The first kappa shape index (κ1) is 22.0. The zero-order chi connectivity index (χ0) is 23.3. The molecule has 5 rings (SSSR count). The normalized spacial score (nSPS) is 23.6. The average molecular weight is 458 g/mol. The van der Waals surface area contributed by atoms with E-state index in [1.807, 2.05) is 39.0 Å². The number of anilines is 1. The molecule has 0 bridgehead atoms. The monoisotopic (exact) mass is 457 g/mol. The molecule has 33 heavy (non-hydrogen) atoms. The average Bonchev–Trinajstić information content (AvgIpc) is 2.73. The van der Waals surface area contributed by atoms with Gasteiger partial charge >= 0.3 is 6.18 Å². The number of aryl methyl sites for hydroxylation is 3. The summed E-state index contributed by atoms with van der Waals surface area (Å²) >= 11 is 0. The Morgan fingerprint density at radius 3 is 2.52 bits per heavy atom. The number of alkyl halides is 3. The molecule has 9 heteroatoms. The second kappa shape index (κ2) is 8.20. The van der Waals surface area contributed by atoms with Gasteiger partial charge in [0.2, 0.25) is 0 Å².